The van der Waals surface area contributed by atoms with Gasteiger partial charge in [-0.05, 0) is 31.9 Å². The molecule has 2 aromatic rings. The van der Waals surface area contributed by atoms with Gasteiger partial charge in [0, 0.05) is 19.6 Å². The van der Waals surface area contributed by atoms with Crippen molar-refractivity contribution in [3.63, 3.8) is 0 Å². The molecule has 114 valence electrons. The highest BCUT2D eigenvalue weighted by Crippen LogP contribution is 2.18. The zero-order chi connectivity index (χ0) is 13.9. The van der Waals surface area contributed by atoms with E-state index in [0.29, 0.717) is 12.6 Å². The minimum Gasteiger partial charge on any atom is -0.357 e. The van der Waals surface area contributed by atoms with E-state index < -0.39 is 0 Å². The van der Waals surface area contributed by atoms with Crippen molar-refractivity contribution in [2.45, 2.75) is 32.4 Å². The number of aliphatic imine (C=N–C) groups is 1. The third-order valence-electron chi connectivity index (χ3n) is 3.52. The second kappa shape index (κ2) is 7.11. The lowest BCUT2D eigenvalue weighted by atomic mass is 10.3. The van der Waals surface area contributed by atoms with Crippen molar-refractivity contribution in [3.05, 3.63) is 30.1 Å². The van der Waals surface area contributed by atoms with Gasteiger partial charge in [-0.1, -0.05) is 12.1 Å². The number of fused-ring (bicyclic) bond motifs is 1. The van der Waals surface area contributed by atoms with Gasteiger partial charge in [0.05, 0.1) is 11.0 Å². The molecule has 0 amide bonds. The normalized spacial score (nSPS) is 14.9. The van der Waals surface area contributed by atoms with Gasteiger partial charge in [0.15, 0.2) is 5.96 Å². The molecule has 0 bridgehead atoms. The highest BCUT2D eigenvalue weighted by molar-refractivity contribution is 14.0. The van der Waals surface area contributed by atoms with Gasteiger partial charge in [0.1, 0.15) is 12.4 Å². The van der Waals surface area contributed by atoms with Crippen LogP contribution in [0, 0.1) is 0 Å². The van der Waals surface area contributed by atoms with Crippen LogP contribution in [0.15, 0.2) is 29.3 Å². The Morgan fingerprint density at radius 1 is 1.38 bits per heavy atom. The van der Waals surface area contributed by atoms with Crippen molar-refractivity contribution in [1.29, 1.82) is 0 Å². The molecule has 2 N–H and O–H groups in total. The first-order chi connectivity index (χ1) is 9.78. The van der Waals surface area contributed by atoms with Gasteiger partial charge >= 0.3 is 0 Å². The Bertz CT molecular complexity index is 630. The quantitative estimate of drug-likeness (QED) is 0.472. The van der Waals surface area contributed by atoms with E-state index in [-0.39, 0.29) is 24.0 Å². The summed E-state index contributed by atoms with van der Waals surface area (Å²) in [4.78, 5) is 9.27. The van der Waals surface area contributed by atoms with Crippen molar-refractivity contribution in [1.82, 2.24) is 20.2 Å². The fraction of sp³-hybridized carbons (Fsp3) is 0.467. The minimum atomic E-state index is 0. The molecule has 21 heavy (non-hydrogen) atoms. The molecule has 0 saturated heterocycles. The number of halogens is 1. The number of aryl methyl sites for hydroxylation is 1. The van der Waals surface area contributed by atoms with E-state index in [4.69, 9.17) is 0 Å². The van der Waals surface area contributed by atoms with Crippen molar-refractivity contribution < 1.29 is 0 Å². The smallest absolute Gasteiger partial charge is 0.191 e. The van der Waals surface area contributed by atoms with Crippen molar-refractivity contribution in [2.75, 3.05) is 6.54 Å². The number of guanidine groups is 1. The van der Waals surface area contributed by atoms with E-state index >= 15 is 0 Å². The van der Waals surface area contributed by atoms with E-state index in [2.05, 4.69) is 38.2 Å². The summed E-state index contributed by atoms with van der Waals surface area (Å²) in [5.74, 6) is 1.88. The number of hydrogen-bond donors (Lipinski definition) is 2. The van der Waals surface area contributed by atoms with Crippen LogP contribution < -0.4 is 10.6 Å². The van der Waals surface area contributed by atoms with Gasteiger partial charge in [0.25, 0.3) is 0 Å². The molecule has 1 fully saturated rings. The number of para-hydroxylation sites is 2. The van der Waals surface area contributed by atoms with E-state index in [9.17, 15) is 0 Å². The molecule has 5 nitrogen and oxygen atoms in total. The van der Waals surface area contributed by atoms with E-state index in [1.807, 2.05) is 25.2 Å². The monoisotopic (exact) mass is 399 g/mol. The second-order valence-corrected chi connectivity index (χ2v) is 5.19. The Balaban J connectivity index is 0.00000161. The third kappa shape index (κ3) is 3.87. The number of hydrogen-bond acceptors (Lipinski definition) is 2. The predicted molar refractivity (Wildman–Crippen MR) is 97.1 cm³/mol. The first-order valence-corrected chi connectivity index (χ1v) is 7.23. The van der Waals surface area contributed by atoms with Crippen LogP contribution in [0.2, 0.25) is 0 Å². The Hall–Kier alpha value is -1.31. The maximum atomic E-state index is 4.64. The number of nitrogens with zero attached hydrogens (tertiary/aromatic N) is 3. The molecular formula is C15H22IN5. The highest BCUT2D eigenvalue weighted by Gasteiger charge is 2.22. The zero-order valence-corrected chi connectivity index (χ0v) is 14.8. The molecule has 1 saturated carbocycles. The van der Waals surface area contributed by atoms with Crippen molar-refractivity contribution in [3.8, 4) is 0 Å². The van der Waals surface area contributed by atoms with Crippen LogP contribution in [-0.4, -0.2) is 28.1 Å². The van der Waals surface area contributed by atoms with Gasteiger partial charge in [0.2, 0.25) is 0 Å². The molecule has 1 aliphatic carbocycles. The molecule has 6 heteroatoms. The van der Waals surface area contributed by atoms with Crippen LogP contribution in [0.5, 0.6) is 0 Å². The summed E-state index contributed by atoms with van der Waals surface area (Å²) < 4.78 is 2.11. The van der Waals surface area contributed by atoms with Gasteiger partial charge < -0.3 is 15.2 Å². The van der Waals surface area contributed by atoms with Crippen LogP contribution >= 0.6 is 24.0 Å². The minimum absolute atomic E-state index is 0. The Morgan fingerprint density at radius 3 is 2.81 bits per heavy atom. The Kier molecular flexibility index (Phi) is 5.44. The van der Waals surface area contributed by atoms with E-state index in [1.165, 1.54) is 12.8 Å². The first-order valence-electron chi connectivity index (χ1n) is 7.23. The largest absolute Gasteiger partial charge is 0.357 e. The number of nitrogens with one attached hydrogen (secondary N) is 2. The Labute approximate surface area is 142 Å². The van der Waals surface area contributed by atoms with Crippen molar-refractivity contribution >= 4 is 41.0 Å². The zero-order valence-electron chi connectivity index (χ0n) is 12.5. The molecule has 1 aromatic heterocycles. The lowest BCUT2D eigenvalue weighted by Crippen LogP contribution is -2.38. The molecule has 3 rings (SSSR count). The maximum absolute atomic E-state index is 4.64. The van der Waals surface area contributed by atoms with Crippen LogP contribution in [-0.2, 0) is 13.6 Å². The SMILES string of the molecule is CCNC(=NCc1nc2ccccc2n1C)NC1CC1.I. The van der Waals surface area contributed by atoms with Crippen LogP contribution in [0.4, 0.5) is 0 Å². The van der Waals surface area contributed by atoms with Crippen LogP contribution in [0.1, 0.15) is 25.6 Å². The highest BCUT2D eigenvalue weighted by atomic mass is 127. The lowest BCUT2D eigenvalue weighted by molar-refractivity contribution is 0.776. The summed E-state index contributed by atoms with van der Waals surface area (Å²) in [6.07, 6.45) is 2.49. The molecule has 1 heterocycles. The molecule has 1 aliphatic rings. The molecule has 0 radical (unpaired) electrons. The fourth-order valence-corrected chi connectivity index (χ4v) is 2.23. The van der Waals surface area contributed by atoms with Gasteiger partial charge in [-0.2, -0.15) is 0 Å². The summed E-state index contributed by atoms with van der Waals surface area (Å²) in [7, 11) is 2.04. The number of imidazole rings is 1. The van der Waals surface area contributed by atoms with E-state index in [1.54, 1.807) is 0 Å². The van der Waals surface area contributed by atoms with Gasteiger partial charge in [-0.25, -0.2) is 9.98 Å². The van der Waals surface area contributed by atoms with Crippen molar-refractivity contribution in [2.24, 2.45) is 12.0 Å². The first kappa shape index (κ1) is 16.1. The van der Waals surface area contributed by atoms with Gasteiger partial charge in [-0.15, -0.1) is 24.0 Å². The summed E-state index contributed by atoms with van der Waals surface area (Å²) >= 11 is 0. The molecule has 1 aromatic carbocycles. The average molecular weight is 399 g/mol. The number of aromatic nitrogens is 2. The average Bonchev–Trinajstić information content (AvgIpc) is 3.21. The number of rotatable bonds is 4. The molecule has 0 spiro atoms. The summed E-state index contributed by atoms with van der Waals surface area (Å²) in [6, 6.07) is 8.78. The standard InChI is InChI=1S/C15H21N5.HI/c1-3-16-15(18-11-8-9-11)17-10-14-19-12-6-4-5-7-13(12)20(14)2;/h4-7,11H,3,8-10H2,1-2H3,(H2,16,17,18);1H. The predicted octanol–water partition coefficient (Wildman–Crippen LogP) is 2.41. The molecule has 0 atom stereocenters. The molecular weight excluding hydrogens is 377 g/mol. The second-order valence-electron chi connectivity index (χ2n) is 5.19. The maximum Gasteiger partial charge on any atom is 0.191 e. The molecule has 0 unspecified atom stereocenters. The summed E-state index contributed by atoms with van der Waals surface area (Å²) in [5, 5.41) is 6.70. The Morgan fingerprint density at radius 2 is 2.14 bits per heavy atom. The lowest BCUT2D eigenvalue weighted by Gasteiger charge is -2.10. The topological polar surface area (TPSA) is 54.2 Å². The molecule has 0 aliphatic heterocycles. The van der Waals surface area contributed by atoms with Crippen LogP contribution in [0.3, 0.4) is 0 Å². The van der Waals surface area contributed by atoms with E-state index in [0.717, 1.165) is 29.4 Å². The third-order valence-corrected chi connectivity index (χ3v) is 3.52. The van der Waals surface area contributed by atoms with Gasteiger partial charge in [-0.3, -0.25) is 0 Å². The fourth-order valence-electron chi connectivity index (χ4n) is 2.23. The summed E-state index contributed by atoms with van der Waals surface area (Å²) in [6.45, 7) is 3.55. The number of benzene rings is 1. The summed E-state index contributed by atoms with van der Waals surface area (Å²) in [5.41, 5.74) is 2.18. The van der Waals surface area contributed by atoms with Crippen LogP contribution in [0.25, 0.3) is 11.0 Å².